The van der Waals surface area contributed by atoms with Gasteiger partial charge in [0.15, 0.2) is 4.32 Å². The van der Waals surface area contributed by atoms with E-state index in [0.29, 0.717) is 15.0 Å². The summed E-state index contributed by atoms with van der Waals surface area (Å²) in [6.07, 6.45) is 1.90. The van der Waals surface area contributed by atoms with Crippen LogP contribution in [0.25, 0.3) is 6.08 Å². The van der Waals surface area contributed by atoms with Gasteiger partial charge in [-0.25, -0.2) is 0 Å². The maximum absolute atomic E-state index is 12.6. The van der Waals surface area contributed by atoms with Crippen molar-refractivity contribution in [1.82, 2.24) is 10.4 Å². The van der Waals surface area contributed by atoms with Gasteiger partial charge in [-0.05, 0) is 41.6 Å². The van der Waals surface area contributed by atoms with E-state index in [1.165, 1.54) is 0 Å². The van der Waals surface area contributed by atoms with Crippen molar-refractivity contribution < 1.29 is 14.3 Å². The zero-order valence-corrected chi connectivity index (χ0v) is 15.6. The van der Waals surface area contributed by atoms with Crippen LogP contribution in [0.5, 0.6) is 5.75 Å². The Balaban J connectivity index is 1.70. The number of hydrogen-bond donors (Lipinski definition) is 1. The number of amides is 2. The van der Waals surface area contributed by atoms with E-state index in [0.717, 1.165) is 27.9 Å². The van der Waals surface area contributed by atoms with Crippen LogP contribution in [0.3, 0.4) is 0 Å². The summed E-state index contributed by atoms with van der Waals surface area (Å²) in [6, 6.07) is 16.7. The third-order valence-electron chi connectivity index (χ3n) is 3.63. The lowest BCUT2D eigenvalue weighted by Gasteiger charge is -2.15. The second-order valence-electron chi connectivity index (χ2n) is 5.49. The summed E-state index contributed by atoms with van der Waals surface area (Å²) in [7, 11) is 1.58. The molecule has 1 saturated heterocycles. The Hall–Kier alpha value is -2.64. The fraction of sp³-hybridized carbons (Fsp3) is 0.105. The summed E-state index contributed by atoms with van der Waals surface area (Å²) in [5, 5.41) is 1.12. The zero-order valence-electron chi connectivity index (χ0n) is 14.0. The molecule has 2 amide bonds. The predicted octanol–water partition coefficient (Wildman–Crippen LogP) is 3.17. The fourth-order valence-electron chi connectivity index (χ4n) is 2.39. The fourth-order valence-corrected chi connectivity index (χ4v) is 3.57. The van der Waals surface area contributed by atoms with Crippen LogP contribution >= 0.6 is 24.0 Å². The van der Waals surface area contributed by atoms with Gasteiger partial charge in [0, 0.05) is 0 Å². The molecule has 1 fully saturated rings. The summed E-state index contributed by atoms with van der Waals surface area (Å²) in [5.74, 6) is 0.0600. The molecular weight excluding hydrogens is 368 g/mol. The van der Waals surface area contributed by atoms with Crippen molar-refractivity contribution >= 4 is 46.2 Å². The number of carbonyl (C=O) groups is 2. The highest BCUT2D eigenvalue weighted by molar-refractivity contribution is 8.26. The minimum absolute atomic E-state index is 0.173. The maximum atomic E-state index is 12.6. The Labute approximate surface area is 161 Å². The van der Waals surface area contributed by atoms with Crippen LogP contribution in [0.2, 0.25) is 0 Å². The van der Waals surface area contributed by atoms with Gasteiger partial charge in [-0.3, -0.25) is 15.0 Å². The first-order chi connectivity index (χ1) is 12.6. The van der Waals surface area contributed by atoms with Crippen LogP contribution in [0.15, 0.2) is 59.5 Å². The monoisotopic (exact) mass is 384 g/mol. The minimum atomic E-state index is -0.343. The highest BCUT2D eigenvalue weighted by Gasteiger charge is 2.33. The number of hydrazine groups is 1. The molecule has 26 heavy (non-hydrogen) atoms. The molecule has 7 heteroatoms. The predicted molar refractivity (Wildman–Crippen MR) is 106 cm³/mol. The summed E-state index contributed by atoms with van der Waals surface area (Å²) in [4.78, 5) is 25.2. The first-order valence-electron chi connectivity index (χ1n) is 7.82. The highest BCUT2D eigenvalue weighted by Crippen LogP contribution is 2.31. The standard InChI is InChI=1S/C19H16N2O3S2/c1-24-15-9-5-8-14(10-15)11-16-18(23)21(19(25)26-16)20-17(22)12-13-6-3-2-4-7-13/h2-11H,12H2,1H3,(H,20,22)/b16-11-. The Morgan fingerprint density at radius 3 is 2.73 bits per heavy atom. The van der Waals surface area contributed by atoms with Gasteiger partial charge in [0.05, 0.1) is 18.4 Å². The number of nitrogens with zero attached hydrogens (tertiary/aromatic N) is 1. The lowest BCUT2D eigenvalue weighted by atomic mass is 10.1. The number of nitrogens with one attached hydrogen (secondary N) is 1. The first-order valence-corrected chi connectivity index (χ1v) is 9.05. The molecule has 1 aliphatic rings. The van der Waals surface area contributed by atoms with Crippen molar-refractivity contribution in [2.24, 2.45) is 0 Å². The minimum Gasteiger partial charge on any atom is -0.497 e. The molecule has 0 bridgehead atoms. The maximum Gasteiger partial charge on any atom is 0.285 e. The smallest absolute Gasteiger partial charge is 0.285 e. The Bertz CT molecular complexity index is 881. The van der Waals surface area contributed by atoms with Gasteiger partial charge >= 0.3 is 0 Å². The van der Waals surface area contributed by atoms with Crippen LogP contribution in [0.4, 0.5) is 0 Å². The van der Waals surface area contributed by atoms with Crippen LogP contribution < -0.4 is 10.2 Å². The number of carbonyl (C=O) groups excluding carboxylic acids is 2. The van der Waals surface area contributed by atoms with Crippen molar-refractivity contribution in [2.75, 3.05) is 7.11 Å². The van der Waals surface area contributed by atoms with Crippen LogP contribution in [-0.4, -0.2) is 28.3 Å². The molecule has 5 nitrogen and oxygen atoms in total. The second-order valence-corrected chi connectivity index (χ2v) is 7.17. The number of benzene rings is 2. The topological polar surface area (TPSA) is 58.6 Å². The average molecular weight is 384 g/mol. The summed E-state index contributed by atoms with van der Waals surface area (Å²) in [6.45, 7) is 0. The summed E-state index contributed by atoms with van der Waals surface area (Å²) < 4.78 is 5.48. The molecule has 132 valence electrons. The second kappa shape index (κ2) is 8.16. The average Bonchev–Trinajstić information content (AvgIpc) is 2.90. The van der Waals surface area contributed by atoms with Crippen molar-refractivity contribution in [3.8, 4) is 5.75 Å². The van der Waals surface area contributed by atoms with Gasteiger partial charge in [-0.15, -0.1) is 0 Å². The third-order valence-corrected chi connectivity index (χ3v) is 4.93. The molecule has 1 heterocycles. The van der Waals surface area contributed by atoms with E-state index >= 15 is 0 Å². The molecule has 0 aliphatic carbocycles. The number of thioether (sulfide) groups is 1. The number of methoxy groups -OCH3 is 1. The molecule has 0 atom stereocenters. The Morgan fingerprint density at radius 2 is 2.00 bits per heavy atom. The molecule has 0 spiro atoms. The number of rotatable bonds is 5. The van der Waals surface area contributed by atoms with E-state index in [2.05, 4.69) is 5.43 Å². The number of ether oxygens (including phenoxy) is 1. The van der Waals surface area contributed by atoms with Gasteiger partial charge < -0.3 is 4.74 Å². The number of hydrogen-bond acceptors (Lipinski definition) is 5. The van der Waals surface area contributed by atoms with E-state index in [1.54, 1.807) is 13.2 Å². The number of thiocarbonyl (C=S) groups is 1. The summed E-state index contributed by atoms with van der Waals surface area (Å²) >= 11 is 6.38. The molecule has 1 N–H and O–H groups in total. The first kappa shape index (κ1) is 18.2. The molecule has 3 rings (SSSR count). The van der Waals surface area contributed by atoms with Gasteiger partial charge in [-0.1, -0.05) is 54.2 Å². The van der Waals surface area contributed by atoms with Crippen LogP contribution in [-0.2, 0) is 16.0 Å². The van der Waals surface area contributed by atoms with Gasteiger partial charge in [0.2, 0.25) is 5.91 Å². The van der Waals surface area contributed by atoms with E-state index in [-0.39, 0.29) is 18.2 Å². The quantitative estimate of drug-likeness (QED) is 0.634. The SMILES string of the molecule is COc1cccc(/C=C2\SC(=S)N(NC(=O)Cc3ccccc3)C2=O)c1. The normalized spacial score (nSPS) is 15.4. The van der Waals surface area contributed by atoms with E-state index < -0.39 is 0 Å². The summed E-state index contributed by atoms with van der Waals surface area (Å²) in [5.41, 5.74) is 4.27. The molecular formula is C19H16N2O3S2. The Kier molecular flexibility index (Phi) is 5.70. The van der Waals surface area contributed by atoms with E-state index in [1.807, 2.05) is 54.6 Å². The van der Waals surface area contributed by atoms with Crippen LogP contribution in [0.1, 0.15) is 11.1 Å². The molecule has 0 unspecified atom stereocenters. The third kappa shape index (κ3) is 4.30. The van der Waals surface area contributed by atoms with Crippen molar-refractivity contribution in [2.45, 2.75) is 6.42 Å². The molecule has 0 radical (unpaired) electrons. The molecule has 0 aromatic heterocycles. The van der Waals surface area contributed by atoms with Gasteiger partial charge in [0.25, 0.3) is 5.91 Å². The van der Waals surface area contributed by atoms with Gasteiger partial charge in [0.1, 0.15) is 5.75 Å². The lowest BCUT2D eigenvalue weighted by Crippen LogP contribution is -2.45. The van der Waals surface area contributed by atoms with Crippen molar-refractivity contribution in [3.05, 3.63) is 70.6 Å². The van der Waals surface area contributed by atoms with Gasteiger partial charge in [-0.2, -0.15) is 5.01 Å². The lowest BCUT2D eigenvalue weighted by molar-refractivity contribution is -0.132. The van der Waals surface area contributed by atoms with E-state index in [9.17, 15) is 9.59 Å². The molecule has 0 saturated carbocycles. The molecule has 2 aromatic carbocycles. The van der Waals surface area contributed by atoms with Crippen molar-refractivity contribution in [1.29, 1.82) is 0 Å². The zero-order chi connectivity index (χ0) is 18.5. The van der Waals surface area contributed by atoms with E-state index in [4.69, 9.17) is 17.0 Å². The van der Waals surface area contributed by atoms with Crippen LogP contribution in [0, 0.1) is 0 Å². The van der Waals surface area contributed by atoms with Crippen molar-refractivity contribution in [3.63, 3.8) is 0 Å². The largest absolute Gasteiger partial charge is 0.497 e. The molecule has 2 aromatic rings. The highest BCUT2D eigenvalue weighted by atomic mass is 32.2. The molecule has 1 aliphatic heterocycles. The Morgan fingerprint density at radius 1 is 1.23 bits per heavy atom.